The van der Waals surface area contributed by atoms with Crippen molar-refractivity contribution >= 4 is 11.9 Å². The summed E-state index contributed by atoms with van der Waals surface area (Å²) in [5.74, 6) is -1.37. The molecular formula is C11H20O5. The summed E-state index contributed by atoms with van der Waals surface area (Å²) < 4.78 is 16.8. The molecule has 0 amide bonds. The maximum absolute atomic E-state index is 11.2. The van der Waals surface area contributed by atoms with E-state index in [-0.39, 0.29) is 13.2 Å². The van der Waals surface area contributed by atoms with Gasteiger partial charge in [0.25, 0.3) is 0 Å². The van der Waals surface area contributed by atoms with Gasteiger partial charge in [-0.05, 0) is 12.8 Å². The zero-order valence-corrected chi connectivity index (χ0v) is 9.82. The van der Waals surface area contributed by atoms with Gasteiger partial charge < -0.3 is 14.6 Å². The van der Waals surface area contributed by atoms with Gasteiger partial charge in [0.05, 0.1) is 33.5 Å². The molecule has 0 aromatic rings. The molecule has 0 aromatic heterocycles. The van der Waals surface area contributed by atoms with E-state index in [0.717, 1.165) is 0 Å². The van der Waals surface area contributed by atoms with E-state index in [2.05, 4.69) is 0 Å². The highest BCUT2D eigenvalue weighted by Crippen LogP contribution is 2.02. The topological polar surface area (TPSA) is 72.8 Å². The molecule has 0 rings (SSSR count). The zero-order valence-electron chi connectivity index (χ0n) is 10.8. The highest BCUT2D eigenvalue weighted by molar-refractivity contribution is 5.73. The minimum Gasteiger partial charge on any atom is -0.466 e. The van der Waals surface area contributed by atoms with E-state index in [9.17, 15) is 14.7 Å². The second-order valence-electron chi connectivity index (χ2n) is 3.36. The number of hydrogen-bond donors (Lipinski definition) is 1. The number of hydrogen-bond acceptors (Lipinski definition) is 5. The highest BCUT2D eigenvalue weighted by atomic mass is 16.5. The van der Waals surface area contributed by atoms with Crippen molar-refractivity contribution in [3.05, 3.63) is 0 Å². The van der Waals surface area contributed by atoms with Gasteiger partial charge in [-0.2, -0.15) is 0 Å². The second kappa shape index (κ2) is 9.15. The molecular weight excluding hydrogens is 212 g/mol. The molecule has 0 heterocycles. The fraction of sp³-hybridized carbons (Fsp3) is 0.818. The van der Waals surface area contributed by atoms with Crippen LogP contribution in [0.15, 0.2) is 0 Å². The molecule has 1 N–H and O–H groups in total. The molecule has 16 heavy (non-hydrogen) atoms. The van der Waals surface area contributed by atoms with Crippen LogP contribution in [-0.4, -0.2) is 36.3 Å². The van der Waals surface area contributed by atoms with Gasteiger partial charge in [-0.15, -0.1) is 0 Å². The van der Waals surface area contributed by atoms with Crippen molar-refractivity contribution in [1.29, 1.82) is 0 Å². The summed E-state index contributed by atoms with van der Waals surface area (Å²) in [4.78, 5) is 22.3. The molecule has 0 atom stereocenters. The van der Waals surface area contributed by atoms with Crippen molar-refractivity contribution in [2.24, 2.45) is 0 Å². The monoisotopic (exact) mass is 233 g/mol. The lowest BCUT2D eigenvalue weighted by Crippen LogP contribution is -2.21. The predicted octanol–water partition coefficient (Wildman–Crippen LogP) is 1.03. The van der Waals surface area contributed by atoms with Gasteiger partial charge in [-0.3, -0.25) is 9.59 Å². The van der Waals surface area contributed by atoms with Crippen molar-refractivity contribution in [3.63, 3.8) is 0 Å². The average molecular weight is 233 g/mol. The quantitative estimate of drug-likeness (QED) is 0.634. The molecule has 0 bridgehead atoms. The zero-order chi connectivity index (χ0) is 13.3. The molecule has 0 aliphatic heterocycles. The fourth-order valence-electron chi connectivity index (χ4n) is 0.930. The first-order chi connectivity index (χ1) is 7.91. The Morgan fingerprint density at radius 1 is 1.12 bits per heavy atom. The Labute approximate surface area is 97.1 Å². The predicted molar refractivity (Wildman–Crippen MR) is 57.7 cm³/mol. The Kier molecular flexibility index (Phi) is 7.42. The largest absolute Gasteiger partial charge is 0.466 e. The normalized spacial score (nSPS) is 11.8. The smallest absolute Gasteiger partial charge is 0.308 e. The van der Waals surface area contributed by atoms with Gasteiger partial charge in [-0.1, -0.05) is 13.8 Å². The van der Waals surface area contributed by atoms with Crippen LogP contribution in [0.25, 0.3) is 0 Å². The summed E-state index contributed by atoms with van der Waals surface area (Å²) in [6.07, 6.45) is -1.89. The third-order valence-corrected chi connectivity index (χ3v) is 1.63. The highest BCUT2D eigenvalue weighted by Gasteiger charge is 2.16. The molecule has 0 aromatic carbocycles. The van der Waals surface area contributed by atoms with Crippen molar-refractivity contribution in [1.82, 2.24) is 0 Å². The van der Waals surface area contributed by atoms with E-state index >= 15 is 0 Å². The molecule has 0 spiro atoms. The van der Waals surface area contributed by atoms with E-state index in [4.69, 9.17) is 10.8 Å². The van der Waals surface area contributed by atoms with Gasteiger partial charge in [0.2, 0.25) is 0 Å². The number of aliphatic hydroxyl groups is 1. The first-order valence-electron chi connectivity index (χ1n) is 5.95. The Balaban J connectivity index is 4.01. The second-order valence-corrected chi connectivity index (χ2v) is 3.36. The van der Waals surface area contributed by atoms with E-state index < -0.39 is 30.9 Å². The van der Waals surface area contributed by atoms with Crippen LogP contribution >= 0.6 is 0 Å². The summed E-state index contributed by atoms with van der Waals surface area (Å²) in [5.41, 5.74) is 0. The van der Waals surface area contributed by atoms with Gasteiger partial charge in [0.15, 0.2) is 0 Å². The van der Waals surface area contributed by atoms with E-state index in [0.29, 0.717) is 12.8 Å². The van der Waals surface area contributed by atoms with Crippen LogP contribution < -0.4 is 0 Å². The van der Waals surface area contributed by atoms with Crippen molar-refractivity contribution in [2.75, 3.05) is 13.2 Å². The van der Waals surface area contributed by atoms with Crippen LogP contribution in [0.2, 0.25) is 0 Å². The summed E-state index contributed by atoms with van der Waals surface area (Å²) >= 11 is 0. The van der Waals surface area contributed by atoms with Crippen molar-refractivity contribution < 1.29 is 25.5 Å². The summed E-state index contributed by atoms with van der Waals surface area (Å²) in [6.45, 7) is 4.16. The lowest BCUT2D eigenvalue weighted by atomic mass is 10.2. The number of carbonyl (C=O) groups excluding carboxylic acids is 2. The number of rotatable bonds is 8. The van der Waals surface area contributed by atoms with Crippen molar-refractivity contribution in [3.8, 4) is 0 Å². The maximum Gasteiger partial charge on any atom is 0.308 e. The summed E-state index contributed by atoms with van der Waals surface area (Å²) in [7, 11) is 0. The molecule has 0 saturated carbocycles. The van der Waals surface area contributed by atoms with Gasteiger partial charge in [-0.25, -0.2) is 0 Å². The Hall–Kier alpha value is -1.10. The Morgan fingerprint density at radius 3 is 1.81 bits per heavy atom. The van der Waals surface area contributed by atoms with Gasteiger partial charge in [0.1, 0.15) is 0 Å². The lowest BCUT2D eigenvalue weighted by molar-refractivity contribution is -0.149. The summed E-state index contributed by atoms with van der Waals surface area (Å²) in [5, 5.41) is 9.52. The van der Waals surface area contributed by atoms with E-state index in [1.807, 2.05) is 13.8 Å². The van der Waals surface area contributed by atoms with E-state index in [1.165, 1.54) is 0 Å². The Bertz CT molecular complexity index is 228. The molecule has 0 aliphatic carbocycles. The molecule has 0 unspecified atom stereocenters. The summed E-state index contributed by atoms with van der Waals surface area (Å²) in [6, 6.07) is 0. The van der Waals surface area contributed by atoms with Crippen molar-refractivity contribution in [2.45, 2.75) is 45.6 Å². The minimum atomic E-state index is -2.16. The fourth-order valence-corrected chi connectivity index (χ4v) is 0.930. The number of carbonyl (C=O) groups is 2. The van der Waals surface area contributed by atoms with E-state index in [1.54, 1.807) is 0 Å². The Morgan fingerprint density at radius 2 is 1.50 bits per heavy atom. The molecule has 0 saturated heterocycles. The number of ether oxygens (including phenoxy) is 2. The molecule has 94 valence electrons. The van der Waals surface area contributed by atoms with Crippen LogP contribution in [0, 0.1) is 0 Å². The third kappa shape index (κ3) is 8.23. The minimum absolute atomic E-state index is 0.245. The first kappa shape index (κ1) is 13.0. The number of esters is 2. The van der Waals surface area contributed by atoms with Crippen LogP contribution in [0.4, 0.5) is 0 Å². The maximum atomic E-state index is 11.2. The van der Waals surface area contributed by atoms with Gasteiger partial charge in [0, 0.05) is 0 Å². The SMILES string of the molecule is [2H]C(O)(CC(=O)OCCC)CC(=O)OCCC. The molecule has 5 nitrogen and oxygen atoms in total. The lowest BCUT2D eigenvalue weighted by Gasteiger charge is -2.09. The van der Waals surface area contributed by atoms with Crippen LogP contribution in [0.3, 0.4) is 0 Å². The molecule has 5 heteroatoms. The molecule has 0 fully saturated rings. The average Bonchev–Trinajstić information content (AvgIpc) is 2.22. The third-order valence-electron chi connectivity index (χ3n) is 1.63. The van der Waals surface area contributed by atoms with Gasteiger partial charge >= 0.3 is 11.9 Å². The molecule has 0 radical (unpaired) electrons. The van der Waals surface area contributed by atoms with Crippen LogP contribution in [0.1, 0.15) is 40.9 Å². The van der Waals surface area contributed by atoms with Crippen LogP contribution in [-0.2, 0) is 19.1 Å². The standard InChI is InChI=1S/C11H20O5/c1-3-5-15-10(13)7-9(12)8-11(14)16-6-4-2/h9,12H,3-8H2,1-2H3/i9D. The first-order valence-corrected chi connectivity index (χ1v) is 5.45. The van der Waals surface area contributed by atoms with Crippen LogP contribution in [0.5, 0.6) is 0 Å². The molecule has 0 aliphatic rings.